The minimum absolute atomic E-state index is 0.0805. The summed E-state index contributed by atoms with van der Waals surface area (Å²) in [7, 11) is 0. The Balaban J connectivity index is 1.51. The Hall–Kier alpha value is -1.73. The number of hydrogen-bond acceptors (Lipinski definition) is 2. The van der Waals surface area contributed by atoms with Crippen LogP contribution in [0.4, 0.5) is 15.8 Å². The van der Waals surface area contributed by atoms with Gasteiger partial charge in [-0.15, -0.1) is 23.2 Å². The molecule has 0 aliphatic heterocycles. The highest BCUT2D eigenvalue weighted by molar-refractivity contribution is 6.53. The first kappa shape index (κ1) is 25.4. The van der Waals surface area contributed by atoms with Gasteiger partial charge in [0.25, 0.3) is 5.91 Å². The van der Waals surface area contributed by atoms with Crippen molar-refractivity contribution in [2.45, 2.75) is 10.3 Å². The molecule has 1 fully saturated rings. The number of rotatable bonds is 5. The molecule has 0 spiro atoms. The minimum Gasteiger partial charge on any atom is -0.326 e. The second-order valence-electron chi connectivity index (χ2n) is 7.60. The number of nitrogens with one attached hydrogen (secondary N) is 2. The van der Waals surface area contributed by atoms with Gasteiger partial charge in [-0.1, -0.05) is 46.4 Å². The van der Waals surface area contributed by atoms with Gasteiger partial charge in [-0.25, -0.2) is 4.39 Å². The first-order chi connectivity index (χ1) is 16.0. The summed E-state index contributed by atoms with van der Waals surface area (Å²) in [5.41, 5.74) is 1.29. The van der Waals surface area contributed by atoms with Crippen LogP contribution in [0.3, 0.4) is 0 Å². The molecule has 0 bridgehead atoms. The molecular weight excluding hydrogens is 568 g/mol. The highest BCUT2D eigenvalue weighted by Crippen LogP contribution is 2.65. The number of anilines is 2. The molecule has 0 aromatic heterocycles. The molecule has 4 nitrogen and oxygen atoms in total. The second kappa shape index (κ2) is 9.73. The minimum atomic E-state index is -1.35. The van der Waals surface area contributed by atoms with Gasteiger partial charge in [-0.2, -0.15) is 0 Å². The molecule has 3 aromatic carbocycles. The van der Waals surface area contributed by atoms with Crippen molar-refractivity contribution in [1.82, 2.24) is 0 Å². The maximum absolute atomic E-state index is 13.4. The Labute approximate surface area is 224 Å². The van der Waals surface area contributed by atoms with Crippen molar-refractivity contribution in [3.05, 3.63) is 91.6 Å². The molecule has 34 heavy (non-hydrogen) atoms. The molecule has 2 atom stereocenters. The fourth-order valence-corrected chi connectivity index (χ4v) is 5.35. The molecule has 1 saturated carbocycles. The number of alkyl halides is 2. The van der Waals surface area contributed by atoms with Crippen LogP contribution >= 0.6 is 69.6 Å². The van der Waals surface area contributed by atoms with Crippen molar-refractivity contribution in [1.29, 1.82) is 0 Å². The molecule has 1 aliphatic rings. The fourth-order valence-electron chi connectivity index (χ4n) is 3.59. The van der Waals surface area contributed by atoms with Crippen molar-refractivity contribution in [3.8, 4) is 0 Å². The smallest absolute Gasteiger partial charge is 0.257 e. The average Bonchev–Trinajstić information content (AvgIpc) is 3.33. The summed E-state index contributed by atoms with van der Waals surface area (Å²) < 4.78 is 12.0. The molecule has 1 aliphatic carbocycles. The first-order valence-corrected chi connectivity index (χ1v) is 11.9. The zero-order valence-electron chi connectivity index (χ0n) is 16.8. The molecule has 176 valence electrons. The number of amides is 2. The monoisotopic (exact) mass is 578 g/mol. The zero-order valence-corrected chi connectivity index (χ0v) is 21.3. The molecule has 0 radical (unpaired) electrons. The van der Waals surface area contributed by atoms with Crippen molar-refractivity contribution in [2.75, 3.05) is 10.6 Å². The number of carbonyl (C=O) groups excluding carboxylic acids is 2. The van der Waals surface area contributed by atoms with Gasteiger partial charge in [-0.3, -0.25) is 9.59 Å². The Kier molecular flexibility index (Phi) is 7.26. The summed E-state index contributed by atoms with van der Waals surface area (Å²) >= 11 is 36.8. The van der Waals surface area contributed by atoms with Gasteiger partial charge in [0.05, 0.1) is 21.5 Å². The lowest BCUT2D eigenvalue weighted by atomic mass is 10.1. The average molecular weight is 581 g/mol. The van der Waals surface area contributed by atoms with E-state index in [2.05, 4.69) is 10.6 Å². The van der Waals surface area contributed by atoms with E-state index in [4.69, 9.17) is 69.6 Å². The quantitative estimate of drug-likeness (QED) is 0.299. The Morgan fingerprint density at radius 3 is 2.06 bits per heavy atom. The number of carbonyl (C=O) groups is 2. The molecule has 2 amide bonds. The van der Waals surface area contributed by atoms with E-state index < -0.39 is 33.8 Å². The van der Waals surface area contributed by atoms with Crippen LogP contribution in [-0.2, 0) is 4.79 Å². The van der Waals surface area contributed by atoms with Crippen molar-refractivity contribution in [2.24, 2.45) is 5.92 Å². The maximum Gasteiger partial charge on any atom is 0.257 e. The van der Waals surface area contributed by atoms with E-state index in [0.29, 0.717) is 21.3 Å². The summed E-state index contributed by atoms with van der Waals surface area (Å²) in [6.45, 7) is 0. The van der Waals surface area contributed by atoms with Crippen LogP contribution in [-0.4, -0.2) is 16.1 Å². The molecular formula is C23H13Cl6FN2O2. The number of hydrogen-bond donors (Lipinski definition) is 2. The van der Waals surface area contributed by atoms with E-state index in [9.17, 15) is 14.0 Å². The van der Waals surface area contributed by atoms with Crippen LogP contribution in [0, 0.1) is 11.7 Å². The third-order valence-corrected chi connectivity index (χ3v) is 7.23. The summed E-state index contributed by atoms with van der Waals surface area (Å²) in [4.78, 5) is 25.6. The Bertz CT molecular complexity index is 1300. The third kappa shape index (κ3) is 5.25. The molecule has 2 unspecified atom stereocenters. The van der Waals surface area contributed by atoms with Gasteiger partial charge in [0.15, 0.2) is 0 Å². The lowest BCUT2D eigenvalue weighted by Gasteiger charge is -2.11. The van der Waals surface area contributed by atoms with Crippen molar-refractivity contribution < 1.29 is 14.0 Å². The Morgan fingerprint density at radius 1 is 0.794 bits per heavy atom. The predicted octanol–water partition coefficient (Wildman–Crippen LogP) is 8.22. The SMILES string of the molecule is O=C(Nc1ccc(F)c(Cl)c1)c1cc(NC(=O)C2C(c3cc(Cl)cc(Cl)c3)C2(Cl)Cl)ccc1Cl. The molecule has 0 heterocycles. The second-order valence-corrected chi connectivity index (χ2v) is 10.7. The topological polar surface area (TPSA) is 58.2 Å². The normalized spacial score (nSPS) is 18.3. The molecule has 4 rings (SSSR count). The summed E-state index contributed by atoms with van der Waals surface area (Å²) in [6.07, 6.45) is 0. The van der Waals surface area contributed by atoms with E-state index in [-0.39, 0.29) is 21.3 Å². The van der Waals surface area contributed by atoms with Gasteiger partial charge in [0, 0.05) is 27.3 Å². The van der Waals surface area contributed by atoms with Crippen LogP contribution in [0.25, 0.3) is 0 Å². The van der Waals surface area contributed by atoms with Crippen LogP contribution in [0.2, 0.25) is 20.1 Å². The van der Waals surface area contributed by atoms with Gasteiger partial charge in [0.2, 0.25) is 5.91 Å². The maximum atomic E-state index is 13.4. The van der Waals surface area contributed by atoms with Crippen LogP contribution in [0.1, 0.15) is 21.8 Å². The van der Waals surface area contributed by atoms with Crippen molar-refractivity contribution in [3.63, 3.8) is 0 Å². The largest absolute Gasteiger partial charge is 0.326 e. The fraction of sp³-hybridized carbons (Fsp3) is 0.130. The zero-order chi connectivity index (χ0) is 24.8. The number of halogens is 7. The first-order valence-electron chi connectivity index (χ1n) is 9.68. The van der Waals surface area contributed by atoms with Crippen molar-refractivity contribution >= 4 is 92.8 Å². The van der Waals surface area contributed by atoms with E-state index in [1.165, 1.54) is 30.3 Å². The predicted molar refractivity (Wildman–Crippen MR) is 137 cm³/mol. The Morgan fingerprint density at radius 2 is 1.41 bits per heavy atom. The summed E-state index contributed by atoms with van der Waals surface area (Å²) in [5.74, 6) is -2.95. The molecule has 3 aromatic rings. The van der Waals surface area contributed by atoms with E-state index >= 15 is 0 Å². The molecule has 11 heteroatoms. The number of benzene rings is 3. The van der Waals surface area contributed by atoms with Crippen LogP contribution < -0.4 is 10.6 Å². The molecule has 0 saturated heterocycles. The highest BCUT2D eigenvalue weighted by atomic mass is 35.5. The van der Waals surface area contributed by atoms with Gasteiger partial charge < -0.3 is 10.6 Å². The van der Waals surface area contributed by atoms with Crippen LogP contribution in [0.5, 0.6) is 0 Å². The standard InChI is InChI=1S/C23H13Cl6FN2O2/c24-11-5-10(6-12(25)7-11)19-20(23(19,28)29)22(34)32-13-1-3-16(26)15(8-13)21(33)31-14-2-4-18(30)17(27)9-14/h1-9,19-20H,(H,31,33)(H,32,34). The summed E-state index contributed by atoms with van der Waals surface area (Å²) in [5, 5.41) is 6.08. The summed E-state index contributed by atoms with van der Waals surface area (Å²) in [6, 6.07) is 13.0. The van der Waals surface area contributed by atoms with Gasteiger partial charge >= 0.3 is 0 Å². The van der Waals surface area contributed by atoms with Gasteiger partial charge in [0.1, 0.15) is 10.2 Å². The van der Waals surface area contributed by atoms with E-state index in [1.807, 2.05) is 0 Å². The lowest BCUT2D eigenvalue weighted by molar-refractivity contribution is -0.117. The van der Waals surface area contributed by atoms with E-state index in [0.717, 1.165) is 6.07 Å². The molecule has 2 N–H and O–H groups in total. The van der Waals surface area contributed by atoms with E-state index in [1.54, 1.807) is 18.2 Å². The highest BCUT2D eigenvalue weighted by Gasteiger charge is 2.67. The lowest BCUT2D eigenvalue weighted by Crippen LogP contribution is -2.18. The van der Waals surface area contributed by atoms with Crippen LogP contribution in [0.15, 0.2) is 54.6 Å². The third-order valence-electron chi connectivity index (χ3n) is 5.24. The van der Waals surface area contributed by atoms with Gasteiger partial charge in [-0.05, 0) is 60.2 Å².